The van der Waals surface area contributed by atoms with Crippen molar-refractivity contribution in [2.24, 2.45) is 0 Å². The number of amides is 1. The first-order valence-corrected chi connectivity index (χ1v) is 4.66. The van der Waals surface area contributed by atoms with Crippen molar-refractivity contribution in [2.75, 3.05) is 12.3 Å². The molecular weight excluding hydrogens is 190 g/mol. The number of nitrogen functional groups attached to an aromatic ring is 1. The first kappa shape index (κ1) is 11.1. The maximum atomic E-state index is 11.5. The summed E-state index contributed by atoms with van der Waals surface area (Å²) in [6.07, 6.45) is 0.319. The first-order valence-electron chi connectivity index (χ1n) is 4.66. The van der Waals surface area contributed by atoms with Gasteiger partial charge in [0.25, 0.3) is 5.91 Å². The average molecular weight is 203 g/mol. The number of carbonyl (C=O) groups is 1. The predicted molar refractivity (Wildman–Crippen MR) is 58.2 cm³/mol. The van der Waals surface area contributed by atoms with E-state index >= 15 is 0 Å². The molecule has 0 bridgehead atoms. The fourth-order valence-electron chi connectivity index (χ4n) is 1.15. The number of nitriles is 1. The second-order valence-corrected chi connectivity index (χ2v) is 3.24. The molecule has 0 atom stereocenters. The molecule has 0 saturated heterocycles. The highest BCUT2D eigenvalue weighted by molar-refractivity contribution is 5.94. The lowest BCUT2D eigenvalue weighted by molar-refractivity contribution is 0.0954. The highest BCUT2D eigenvalue weighted by atomic mass is 16.1. The Morgan fingerprint density at radius 1 is 1.60 bits per heavy atom. The zero-order valence-corrected chi connectivity index (χ0v) is 8.58. The van der Waals surface area contributed by atoms with Gasteiger partial charge in [-0.2, -0.15) is 5.26 Å². The van der Waals surface area contributed by atoms with Gasteiger partial charge in [0.15, 0.2) is 0 Å². The second-order valence-electron chi connectivity index (χ2n) is 3.24. The van der Waals surface area contributed by atoms with Gasteiger partial charge in [0.2, 0.25) is 0 Å². The van der Waals surface area contributed by atoms with Crippen LogP contribution in [0.1, 0.15) is 22.3 Å². The zero-order chi connectivity index (χ0) is 11.3. The van der Waals surface area contributed by atoms with Crippen LogP contribution in [-0.4, -0.2) is 12.5 Å². The molecule has 3 N–H and O–H groups in total. The number of anilines is 1. The van der Waals surface area contributed by atoms with Crippen LogP contribution < -0.4 is 11.1 Å². The number of aryl methyl sites for hydroxylation is 1. The maximum Gasteiger partial charge on any atom is 0.251 e. The Morgan fingerprint density at radius 2 is 2.33 bits per heavy atom. The minimum atomic E-state index is -0.173. The highest BCUT2D eigenvalue weighted by Gasteiger charge is 2.05. The number of nitrogens with two attached hydrogens (primary N) is 1. The van der Waals surface area contributed by atoms with Crippen molar-refractivity contribution in [1.29, 1.82) is 5.26 Å². The van der Waals surface area contributed by atoms with E-state index < -0.39 is 0 Å². The minimum Gasteiger partial charge on any atom is -0.399 e. The molecule has 0 aliphatic carbocycles. The van der Waals surface area contributed by atoms with E-state index in [0.29, 0.717) is 24.2 Å². The fourth-order valence-corrected chi connectivity index (χ4v) is 1.15. The van der Waals surface area contributed by atoms with Crippen molar-refractivity contribution < 1.29 is 4.79 Å². The van der Waals surface area contributed by atoms with E-state index in [4.69, 9.17) is 11.0 Å². The molecule has 0 aliphatic rings. The molecule has 15 heavy (non-hydrogen) atoms. The number of nitrogens with zero attached hydrogens (tertiary/aromatic N) is 1. The van der Waals surface area contributed by atoms with Gasteiger partial charge in [0.1, 0.15) is 0 Å². The summed E-state index contributed by atoms with van der Waals surface area (Å²) in [6, 6.07) is 7.07. The smallest absolute Gasteiger partial charge is 0.251 e. The summed E-state index contributed by atoms with van der Waals surface area (Å²) in [7, 11) is 0. The molecule has 0 spiro atoms. The van der Waals surface area contributed by atoms with Gasteiger partial charge < -0.3 is 11.1 Å². The van der Waals surface area contributed by atoms with E-state index in [1.54, 1.807) is 18.2 Å². The lowest BCUT2D eigenvalue weighted by Crippen LogP contribution is -2.24. The summed E-state index contributed by atoms with van der Waals surface area (Å²) >= 11 is 0. The molecular formula is C11H13N3O. The van der Waals surface area contributed by atoms with Crippen LogP contribution in [-0.2, 0) is 0 Å². The second kappa shape index (κ2) is 5.01. The topological polar surface area (TPSA) is 78.9 Å². The number of benzene rings is 1. The average Bonchev–Trinajstić information content (AvgIpc) is 2.22. The van der Waals surface area contributed by atoms with Gasteiger partial charge in [-0.05, 0) is 30.7 Å². The lowest BCUT2D eigenvalue weighted by Gasteiger charge is -2.05. The summed E-state index contributed by atoms with van der Waals surface area (Å²) in [5, 5.41) is 11.0. The van der Waals surface area contributed by atoms with Gasteiger partial charge in [-0.3, -0.25) is 4.79 Å². The predicted octanol–water partition coefficient (Wildman–Crippen LogP) is 1.22. The van der Waals surface area contributed by atoms with Crippen LogP contribution >= 0.6 is 0 Å². The van der Waals surface area contributed by atoms with Crippen molar-refractivity contribution in [3.63, 3.8) is 0 Å². The molecule has 0 fully saturated rings. The molecule has 0 heterocycles. The third-order valence-corrected chi connectivity index (χ3v) is 2.05. The monoisotopic (exact) mass is 203 g/mol. The fraction of sp³-hybridized carbons (Fsp3) is 0.273. The molecule has 0 unspecified atom stereocenters. The van der Waals surface area contributed by atoms with Crippen molar-refractivity contribution in [3.8, 4) is 6.07 Å². The summed E-state index contributed by atoms with van der Waals surface area (Å²) in [5.41, 5.74) is 7.75. The Morgan fingerprint density at radius 3 is 2.93 bits per heavy atom. The van der Waals surface area contributed by atoms with Crippen molar-refractivity contribution in [3.05, 3.63) is 29.3 Å². The molecule has 0 aliphatic heterocycles. The highest BCUT2D eigenvalue weighted by Crippen LogP contribution is 2.12. The Balaban J connectivity index is 2.67. The van der Waals surface area contributed by atoms with Crippen LogP contribution in [0.4, 0.5) is 5.69 Å². The van der Waals surface area contributed by atoms with Crippen molar-refractivity contribution >= 4 is 11.6 Å². The molecule has 0 radical (unpaired) electrons. The zero-order valence-electron chi connectivity index (χ0n) is 8.58. The summed E-state index contributed by atoms with van der Waals surface area (Å²) in [4.78, 5) is 11.5. The third kappa shape index (κ3) is 2.99. The molecule has 4 heteroatoms. The minimum absolute atomic E-state index is 0.173. The maximum absolute atomic E-state index is 11.5. The van der Waals surface area contributed by atoms with Gasteiger partial charge in [-0.25, -0.2) is 0 Å². The Kier molecular flexibility index (Phi) is 3.69. The SMILES string of the molecule is Cc1cc(C(=O)NCCC#N)ccc1N. The van der Waals surface area contributed by atoms with Gasteiger partial charge in [-0.1, -0.05) is 0 Å². The van der Waals surface area contributed by atoms with Crippen LogP contribution in [0.2, 0.25) is 0 Å². The first-order chi connectivity index (χ1) is 7.15. The van der Waals surface area contributed by atoms with E-state index in [1.165, 1.54) is 0 Å². The van der Waals surface area contributed by atoms with Gasteiger partial charge >= 0.3 is 0 Å². The number of nitrogens with one attached hydrogen (secondary N) is 1. The largest absolute Gasteiger partial charge is 0.399 e. The van der Waals surface area contributed by atoms with Gasteiger partial charge in [0.05, 0.1) is 12.5 Å². The van der Waals surface area contributed by atoms with Crippen molar-refractivity contribution in [2.45, 2.75) is 13.3 Å². The number of hydrogen-bond donors (Lipinski definition) is 2. The van der Waals surface area contributed by atoms with Gasteiger partial charge in [-0.15, -0.1) is 0 Å². The molecule has 78 valence electrons. The van der Waals surface area contributed by atoms with Crippen LogP contribution in [0.5, 0.6) is 0 Å². The van der Waals surface area contributed by atoms with Crippen LogP contribution in [0.15, 0.2) is 18.2 Å². The van der Waals surface area contributed by atoms with Crippen LogP contribution in [0.3, 0.4) is 0 Å². The number of hydrogen-bond acceptors (Lipinski definition) is 3. The van der Waals surface area contributed by atoms with E-state index in [-0.39, 0.29) is 5.91 Å². The molecule has 1 amide bonds. The van der Waals surface area contributed by atoms with Crippen molar-refractivity contribution in [1.82, 2.24) is 5.32 Å². The Hall–Kier alpha value is -2.02. The van der Waals surface area contributed by atoms with E-state index in [9.17, 15) is 4.79 Å². The Labute approximate surface area is 88.7 Å². The number of rotatable bonds is 3. The number of carbonyl (C=O) groups excluding carboxylic acids is 1. The molecule has 1 aromatic carbocycles. The molecule has 0 saturated carbocycles. The van der Waals surface area contributed by atoms with Gasteiger partial charge in [0, 0.05) is 17.8 Å². The summed E-state index contributed by atoms with van der Waals surface area (Å²) in [5.74, 6) is -0.173. The molecule has 1 aromatic rings. The van der Waals surface area contributed by atoms with Crippen LogP contribution in [0.25, 0.3) is 0 Å². The quantitative estimate of drug-likeness (QED) is 0.572. The molecule has 4 nitrogen and oxygen atoms in total. The van der Waals surface area contributed by atoms with Crippen LogP contribution in [0, 0.1) is 18.3 Å². The normalized spacial score (nSPS) is 9.33. The van der Waals surface area contributed by atoms with E-state index in [2.05, 4.69) is 5.32 Å². The molecule has 0 aromatic heterocycles. The summed E-state index contributed by atoms with van der Waals surface area (Å²) < 4.78 is 0. The Bertz CT molecular complexity index is 407. The summed E-state index contributed by atoms with van der Waals surface area (Å²) in [6.45, 7) is 2.22. The lowest BCUT2D eigenvalue weighted by atomic mass is 10.1. The standard InChI is InChI=1S/C11H13N3O/c1-8-7-9(3-4-10(8)13)11(15)14-6-2-5-12/h3-4,7H,2,6,13H2,1H3,(H,14,15). The van der Waals surface area contributed by atoms with E-state index in [0.717, 1.165) is 5.56 Å². The van der Waals surface area contributed by atoms with E-state index in [1.807, 2.05) is 13.0 Å². The third-order valence-electron chi connectivity index (χ3n) is 2.05. The molecule has 1 rings (SSSR count).